The Labute approximate surface area is 126 Å². The van der Waals surface area contributed by atoms with Gasteiger partial charge in [0.15, 0.2) is 0 Å². The fraction of sp³-hybridized carbons (Fsp3) is 0.500. The molecule has 1 N–H and O–H groups in total. The van der Waals surface area contributed by atoms with Crippen molar-refractivity contribution in [2.45, 2.75) is 6.04 Å². The molecule has 0 saturated carbocycles. The lowest BCUT2D eigenvalue weighted by Gasteiger charge is -2.34. The van der Waals surface area contributed by atoms with Crippen LogP contribution in [0, 0.1) is 0 Å². The molecule has 1 aromatic carbocycles. The van der Waals surface area contributed by atoms with Crippen molar-refractivity contribution < 1.29 is 14.2 Å². The SMILES string of the molecule is C=C[C@H](c1c(OC)cc(OC)cc1OC)N1CCNCC1. The van der Waals surface area contributed by atoms with Crippen LogP contribution in [0.25, 0.3) is 0 Å². The maximum Gasteiger partial charge on any atom is 0.131 e. The van der Waals surface area contributed by atoms with E-state index in [1.165, 1.54) is 0 Å². The van der Waals surface area contributed by atoms with E-state index < -0.39 is 0 Å². The fourth-order valence-corrected chi connectivity index (χ4v) is 2.73. The molecule has 0 amide bonds. The van der Waals surface area contributed by atoms with Gasteiger partial charge in [0, 0.05) is 38.3 Å². The van der Waals surface area contributed by atoms with Gasteiger partial charge in [0.05, 0.1) is 32.9 Å². The Balaban J connectivity index is 2.45. The van der Waals surface area contributed by atoms with Crippen LogP contribution >= 0.6 is 0 Å². The maximum atomic E-state index is 5.55. The third-order valence-corrected chi connectivity index (χ3v) is 3.82. The summed E-state index contributed by atoms with van der Waals surface area (Å²) in [6.07, 6.45) is 1.94. The fourth-order valence-electron chi connectivity index (χ4n) is 2.73. The number of methoxy groups -OCH3 is 3. The average molecular weight is 292 g/mol. The molecule has 0 radical (unpaired) electrons. The normalized spacial score (nSPS) is 17.1. The first-order valence-corrected chi connectivity index (χ1v) is 7.12. The topological polar surface area (TPSA) is 43.0 Å². The Morgan fingerprint density at radius 1 is 1.10 bits per heavy atom. The smallest absolute Gasteiger partial charge is 0.131 e. The molecule has 0 unspecified atom stereocenters. The predicted octanol–water partition coefficient (Wildman–Crippen LogP) is 1.84. The minimum Gasteiger partial charge on any atom is -0.496 e. The van der Waals surface area contributed by atoms with Crippen LogP contribution in [0.5, 0.6) is 17.2 Å². The Bertz CT molecular complexity index is 459. The Hall–Kier alpha value is -1.72. The van der Waals surface area contributed by atoms with Crippen molar-refractivity contribution in [3.63, 3.8) is 0 Å². The molecule has 116 valence electrons. The molecule has 1 aliphatic rings. The van der Waals surface area contributed by atoms with E-state index in [-0.39, 0.29) is 6.04 Å². The van der Waals surface area contributed by atoms with Crippen LogP contribution in [0.4, 0.5) is 0 Å². The average Bonchev–Trinajstić information content (AvgIpc) is 2.56. The number of piperazine rings is 1. The highest BCUT2D eigenvalue weighted by atomic mass is 16.5. The van der Waals surface area contributed by atoms with Crippen LogP contribution in [0.3, 0.4) is 0 Å². The van der Waals surface area contributed by atoms with Crippen molar-refractivity contribution in [2.24, 2.45) is 0 Å². The molecule has 1 saturated heterocycles. The van der Waals surface area contributed by atoms with Gasteiger partial charge in [0.2, 0.25) is 0 Å². The minimum absolute atomic E-state index is 0.0582. The van der Waals surface area contributed by atoms with Crippen molar-refractivity contribution >= 4 is 0 Å². The zero-order valence-electron chi connectivity index (χ0n) is 13.0. The molecule has 0 aromatic heterocycles. The summed E-state index contributed by atoms with van der Waals surface area (Å²) < 4.78 is 16.4. The van der Waals surface area contributed by atoms with Gasteiger partial charge in [-0.1, -0.05) is 6.08 Å². The molecule has 2 rings (SSSR count). The highest BCUT2D eigenvalue weighted by Gasteiger charge is 2.26. The number of nitrogens with zero attached hydrogens (tertiary/aromatic N) is 1. The molecule has 0 spiro atoms. The van der Waals surface area contributed by atoms with Gasteiger partial charge in [0.1, 0.15) is 17.2 Å². The van der Waals surface area contributed by atoms with Crippen molar-refractivity contribution in [2.75, 3.05) is 47.5 Å². The second-order valence-corrected chi connectivity index (χ2v) is 4.91. The highest BCUT2D eigenvalue weighted by Crippen LogP contribution is 2.41. The molecule has 5 heteroatoms. The van der Waals surface area contributed by atoms with Gasteiger partial charge in [-0.15, -0.1) is 6.58 Å². The van der Waals surface area contributed by atoms with Crippen molar-refractivity contribution in [3.8, 4) is 17.2 Å². The van der Waals surface area contributed by atoms with Gasteiger partial charge in [-0.25, -0.2) is 0 Å². The first-order chi connectivity index (χ1) is 10.2. The lowest BCUT2D eigenvalue weighted by atomic mass is 10.0. The lowest BCUT2D eigenvalue weighted by molar-refractivity contribution is 0.197. The minimum atomic E-state index is 0.0582. The molecule has 1 heterocycles. The molecule has 1 atom stereocenters. The molecular weight excluding hydrogens is 268 g/mol. The first kappa shape index (κ1) is 15.7. The largest absolute Gasteiger partial charge is 0.496 e. The van der Waals surface area contributed by atoms with E-state index >= 15 is 0 Å². The van der Waals surface area contributed by atoms with Crippen LogP contribution in [-0.4, -0.2) is 52.4 Å². The third-order valence-electron chi connectivity index (χ3n) is 3.82. The summed E-state index contributed by atoms with van der Waals surface area (Å²) >= 11 is 0. The molecular formula is C16H24N2O3. The van der Waals surface area contributed by atoms with E-state index in [0.29, 0.717) is 0 Å². The molecule has 21 heavy (non-hydrogen) atoms. The predicted molar refractivity (Wildman–Crippen MR) is 83.5 cm³/mol. The monoisotopic (exact) mass is 292 g/mol. The Kier molecular flexibility index (Phi) is 5.47. The van der Waals surface area contributed by atoms with E-state index in [9.17, 15) is 0 Å². The molecule has 5 nitrogen and oxygen atoms in total. The summed E-state index contributed by atoms with van der Waals surface area (Å²) in [7, 11) is 4.96. The van der Waals surface area contributed by atoms with E-state index in [2.05, 4.69) is 16.8 Å². The standard InChI is InChI=1S/C16H24N2O3/c1-5-13(18-8-6-17-7-9-18)16-14(20-3)10-12(19-2)11-15(16)21-4/h5,10-11,13,17H,1,6-9H2,2-4H3/t13-/m1/s1. The second kappa shape index (κ2) is 7.33. The molecule has 1 fully saturated rings. The number of hydrogen-bond acceptors (Lipinski definition) is 5. The zero-order valence-corrected chi connectivity index (χ0v) is 13.0. The maximum absolute atomic E-state index is 5.55. The van der Waals surface area contributed by atoms with Crippen LogP contribution in [0.2, 0.25) is 0 Å². The van der Waals surface area contributed by atoms with Crippen LogP contribution < -0.4 is 19.5 Å². The number of rotatable bonds is 6. The number of hydrogen-bond donors (Lipinski definition) is 1. The highest BCUT2D eigenvalue weighted by molar-refractivity contribution is 5.53. The summed E-state index contributed by atoms with van der Waals surface area (Å²) in [5.74, 6) is 2.24. The van der Waals surface area contributed by atoms with Crippen molar-refractivity contribution in [1.29, 1.82) is 0 Å². The number of ether oxygens (including phenoxy) is 3. The Morgan fingerprint density at radius 2 is 1.67 bits per heavy atom. The van der Waals surface area contributed by atoms with E-state index in [0.717, 1.165) is 49.0 Å². The Morgan fingerprint density at radius 3 is 2.10 bits per heavy atom. The summed E-state index contributed by atoms with van der Waals surface area (Å²) in [4.78, 5) is 2.37. The summed E-state index contributed by atoms with van der Waals surface area (Å²) in [5.41, 5.74) is 0.998. The number of benzene rings is 1. The molecule has 1 aromatic rings. The van der Waals surface area contributed by atoms with Gasteiger partial charge in [-0.3, -0.25) is 4.90 Å². The van der Waals surface area contributed by atoms with E-state index in [4.69, 9.17) is 14.2 Å². The van der Waals surface area contributed by atoms with Gasteiger partial charge in [0.25, 0.3) is 0 Å². The lowest BCUT2D eigenvalue weighted by Crippen LogP contribution is -2.44. The van der Waals surface area contributed by atoms with Gasteiger partial charge in [-0.05, 0) is 0 Å². The van der Waals surface area contributed by atoms with E-state index in [1.807, 2.05) is 18.2 Å². The van der Waals surface area contributed by atoms with Crippen molar-refractivity contribution in [1.82, 2.24) is 10.2 Å². The third kappa shape index (κ3) is 3.31. The molecule has 0 bridgehead atoms. The quantitative estimate of drug-likeness (QED) is 0.811. The summed E-state index contributed by atoms with van der Waals surface area (Å²) in [6.45, 7) is 7.89. The summed E-state index contributed by atoms with van der Waals surface area (Å²) in [6, 6.07) is 3.83. The van der Waals surface area contributed by atoms with Crippen molar-refractivity contribution in [3.05, 3.63) is 30.4 Å². The van der Waals surface area contributed by atoms with Crippen LogP contribution in [0.1, 0.15) is 11.6 Å². The van der Waals surface area contributed by atoms with Gasteiger partial charge in [-0.2, -0.15) is 0 Å². The second-order valence-electron chi connectivity index (χ2n) is 4.91. The van der Waals surface area contributed by atoms with Crippen LogP contribution in [0.15, 0.2) is 24.8 Å². The molecule has 0 aliphatic carbocycles. The van der Waals surface area contributed by atoms with E-state index in [1.54, 1.807) is 21.3 Å². The zero-order chi connectivity index (χ0) is 15.2. The first-order valence-electron chi connectivity index (χ1n) is 7.12. The number of nitrogens with one attached hydrogen (secondary N) is 1. The molecule has 1 aliphatic heterocycles. The van der Waals surface area contributed by atoms with Crippen LogP contribution in [-0.2, 0) is 0 Å². The van der Waals surface area contributed by atoms with Gasteiger partial charge >= 0.3 is 0 Å². The van der Waals surface area contributed by atoms with Gasteiger partial charge < -0.3 is 19.5 Å². The summed E-state index contributed by atoms with van der Waals surface area (Å²) in [5, 5.41) is 3.36.